The van der Waals surface area contributed by atoms with Crippen LogP contribution in [-0.2, 0) is 0 Å². The molecule has 5 nitrogen and oxygen atoms in total. The number of nitrogens with two attached hydrogens (primary N) is 1. The summed E-state index contributed by atoms with van der Waals surface area (Å²) in [4.78, 5) is 11.8. The van der Waals surface area contributed by atoms with Gasteiger partial charge in [0.1, 0.15) is 0 Å². The summed E-state index contributed by atoms with van der Waals surface area (Å²) < 4.78 is 0. The zero-order valence-electron chi connectivity index (χ0n) is 11.9. The Morgan fingerprint density at radius 1 is 1.40 bits per heavy atom. The van der Waals surface area contributed by atoms with Gasteiger partial charge in [-0.05, 0) is 31.0 Å². The van der Waals surface area contributed by atoms with Gasteiger partial charge < -0.3 is 21.5 Å². The summed E-state index contributed by atoms with van der Waals surface area (Å²) in [6, 6.07) is 5.19. The molecule has 0 radical (unpaired) electrons. The molecule has 1 aromatic rings. The van der Waals surface area contributed by atoms with E-state index in [2.05, 4.69) is 10.6 Å². The molecule has 0 bridgehead atoms. The number of nitrogen functional groups attached to an aromatic ring is 1. The quantitative estimate of drug-likeness (QED) is 0.629. The zero-order chi connectivity index (χ0) is 14.5. The van der Waals surface area contributed by atoms with Crippen LogP contribution in [0.5, 0.6) is 0 Å². The summed E-state index contributed by atoms with van der Waals surface area (Å²) in [5.74, 6) is 0.0967. The molecule has 2 unspecified atom stereocenters. The maximum Gasteiger partial charge on any atom is 0.253 e. The fourth-order valence-corrected chi connectivity index (χ4v) is 2.71. The largest absolute Gasteiger partial charge is 0.399 e. The second-order valence-electron chi connectivity index (χ2n) is 5.38. The van der Waals surface area contributed by atoms with Gasteiger partial charge in [0.15, 0.2) is 0 Å². The van der Waals surface area contributed by atoms with Crippen LogP contribution in [0.1, 0.15) is 36.0 Å². The van der Waals surface area contributed by atoms with Gasteiger partial charge in [0.25, 0.3) is 5.91 Å². The molecule has 0 aliphatic heterocycles. The third-order valence-corrected chi connectivity index (χ3v) is 3.94. The van der Waals surface area contributed by atoms with Crippen LogP contribution in [0.4, 0.5) is 11.4 Å². The Balaban J connectivity index is 2.07. The van der Waals surface area contributed by atoms with Crippen molar-refractivity contribution in [3.63, 3.8) is 0 Å². The first-order valence-electron chi connectivity index (χ1n) is 7.15. The highest BCUT2D eigenvalue weighted by Gasteiger charge is 2.23. The Kier molecular flexibility index (Phi) is 4.84. The molecule has 5 heteroatoms. The number of amides is 1. The van der Waals surface area contributed by atoms with Crippen LogP contribution in [-0.4, -0.2) is 30.7 Å². The summed E-state index contributed by atoms with van der Waals surface area (Å²) in [7, 11) is 1.60. The lowest BCUT2D eigenvalue weighted by atomic mass is 9.86. The molecule has 1 fully saturated rings. The van der Waals surface area contributed by atoms with Crippen LogP contribution < -0.4 is 16.4 Å². The molecular weight excluding hydrogens is 254 g/mol. The van der Waals surface area contributed by atoms with E-state index in [1.54, 1.807) is 25.2 Å². The molecule has 0 spiro atoms. The number of rotatable bonds is 4. The molecular formula is C15H23N3O2. The van der Waals surface area contributed by atoms with Crippen LogP contribution in [0.2, 0.25) is 0 Å². The average molecular weight is 277 g/mol. The monoisotopic (exact) mass is 277 g/mol. The minimum absolute atomic E-state index is 0.142. The van der Waals surface area contributed by atoms with Crippen LogP contribution in [0.3, 0.4) is 0 Å². The van der Waals surface area contributed by atoms with Crippen LogP contribution in [0.15, 0.2) is 18.2 Å². The van der Waals surface area contributed by atoms with Gasteiger partial charge in [-0.2, -0.15) is 0 Å². The van der Waals surface area contributed by atoms with Crippen molar-refractivity contribution in [2.45, 2.75) is 31.8 Å². The predicted molar refractivity (Wildman–Crippen MR) is 80.7 cm³/mol. The summed E-state index contributed by atoms with van der Waals surface area (Å²) in [5, 5.41) is 15.9. The standard InChI is InChI=1S/C15H23N3O2/c1-17-15(20)12-7-6-11(16)8-13(12)18-9-10-4-2-3-5-14(10)19/h6-8,10,14,18-19H,2-5,9,16H2,1H3,(H,17,20). The lowest BCUT2D eigenvalue weighted by molar-refractivity contribution is 0.0763. The van der Waals surface area contributed by atoms with Crippen molar-refractivity contribution in [3.05, 3.63) is 23.8 Å². The Hall–Kier alpha value is -1.75. The predicted octanol–water partition coefficient (Wildman–Crippen LogP) is 1.59. The number of anilines is 2. The molecule has 1 saturated carbocycles. The number of nitrogens with one attached hydrogen (secondary N) is 2. The highest BCUT2D eigenvalue weighted by Crippen LogP contribution is 2.26. The van der Waals surface area contributed by atoms with Crippen LogP contribution in [0.25, 0.3) is 0 Å². The number of hydrogen-bond donors (Lipinski definition) is 4. The number of carbonyl (C=O) groups is 1. The van der Waals surface area contributed by atoms with Gasteiger partial charge in [0, 0.05) is 30.9 Å². The Labute approximate surface area is 119 Å². The Morgan fingerprint density at radius 2 is 2.15 bits per heavy atom. The van der Waals surface area contributed by atoms with E-state index in [1.165, 1.54) is 0 Å². The molecule has 2 atom stereocenters. The summed E-state index contributed by atoms with van der Waals surface area (Å²) in [5.41, 5.74) is 7.70. The Bertz CT molecular complexity index is 476. The van der Waals surface area contributed by atoms with E-state index in [9.17, 15) is 9.90 Å². The third kappa shape index (κ3) is 3.42. The molecule has 0 heterocycles. The summed E-state index contributed by atoms with van der Waals surface area (Å²) in [6.07, 6.45) is 3.89. The number of aliphatic hydroxyl groups excluding tert-OH is 1. The van der Waals surface area contributed by atoms with Crippen molar-refractivity contribution in [1.82, 2.24) is 5.32 Å². The van der Waals surface area contributed by atoms with Crippen molar-refractivity contribution in [1.29, 1.82) is 0 Å². The van der Waals surface area contributed by atoms with Gasteiger partial charge in [-0.1, -0.05) is 12.8 Å². The van der Waals surface area contributed by atoms with Crippen LogP contribution in [0, 0.1) is 5.92 Å². The number of hydrogen-bond acceptors (Lipinski definition) is 4. The second-order valence-corrected chi connectivity index (χ2v) is 5.38. The normalized spacial score (nSPS) is 22.3. The van der Waals surface area contributed by atoms with Crippen molar-refractivity contribution >= 4 is 17.3 Å². The zero-order valence-corrected chi connectivity index (χ0v) is 11.9. The molecule has 1 aliphatic carbocycles. The van der Waals surface area contributed by atoms with Gasteiger partial charge in [-0.3, -0.25) is 4.79 Å². The van der Waals surface area contributed by atoms with Crippen molar-refractivity contribution in [2.75, 3.05) is 24.6 Å². The number of aliphatic hydroxyl groups is 1. The van der Waals surface area contributed by atoms with E-state index in [4.69, 9.17) is 5.73 Å². The molecule has 1 aromatic carbocycles. The minimum Gasteiger partial charge on any atom is -0.399 e. The van der Waals surface area contributed by atoms with Gasteiger partial charge >= 0.3 is 0 Å². The third-order valence-electron chi connectivity index (χ3n) is 3.94. The first-order chi connectivity index (χ1) is 9.61. The lowest BCUT2D eigenvalue weighted by Gasteiger charge is -2.28. The maximum absolute atomic E-state index is 11.8. The van der Waals surface area contributed by atoms with Crippen LogP contribution >= 0.6 is 0 Å². The van der Waals surface area contributed by atoms with Crippen molar-refractivity contribution < 1.29 is 9.90 Å². The SMILES string of the molecule is CNC(=O)c1ccc(N)cc1NCC1CCCCC1O. The average Bonchev–Trinajstić information content (AvgIpc) is 2.46. The van der Waals surface area contributed by atoms with Crippen molar-refractivity contribution in [2.24, 2.45) is 5.92 Å². The van der Waals surface area contributed by atoms with Crippen molar-refractivity contribution in [3.8, 4) is 0 Å². The van der Waals surface area contributed by atoms with E-state index in [-0.39, 0.29) is 17.9 Å². The van der Waals surface area contributed by atoms with E-state index in [1.807, 2.05) is 0 Å². The number of carbonyl (C=O) groups excluding carboxylic acids is 1. The first-order valence-corrected chi connectivity index (χ1v) is 7.15. The topological polar surface area (TPSA) is 87.4 Å². The molecule has 20 heavy (non-hydrogen) atoms. The smallest absolute Gasteiger partial charge is 0.253 e. The van der Waals surface area contributed by atoms with Gasteiger partial charge in [-0.15, -0.1) is 0 Å². The first kappa shape index (κ1) is 14.7. The van der Waals surface area contributed by atoms with Gasteiger partial charge in [-0.25, -0.2) is 0 Å². The Morgan fingerprint density at radius 3 is 2.85 bits per heavy atom. The minimum atomic E-state index is -0.249. The van der Waals surface area contributed by atoms with E-state index >= 15 is 0 Å². The molecule has 110 valence electrons. The fourth-order valence-electron chi connectivity index (χ4n) is 2.71. The fraction of sp³-hybridized carbons (Fsp3) is 0.533. The lowest BCUT2D eigenvalue weighted by Crippen LogP contribution is -2.31. The van der Waals surface area contributed by atoms with E-state index < -0.39 is 0 Å². The number of benzene rings is 1. The molecule has 0 saturated heterocycles. The van der Waals surface area contributed by atoms with E-state index in [0.29, 0.717) is 17.8 Å². The van der Waals surface area contributed by atoms with E-state index in [0.717, 1.165) is 31.4 Å². The highest BCUT2D eigenvalue weighted by atomic mass is 16.3. The van der Waals surface area contributed by atoms with Gasteiger partial charge in [0.2, 0.25) is 0 Å². The molecule has 1 aliphatic rings. The molecule has 1 amide bonds. The summed E-state index contributed by atoms with van der Waals surface area (Å²) >= 11 is 0. The highest BCUT2D eigenvalue weighted by molar-refractivity contribution is 6.00. The molecule has 0 aromatic heterocycles. The second kappa shape index (κ2) is 6.61. The van der Waals surface area contributed by atoms with Gasteiger partial charge in [0.05, 0.1) is 11.7 Å². The summed E-state index contributed by atoms with van der Waals surface area (Å²) in [6.45, 7) is 0.661. The molecule has 2 rings (SSSR count). The molecule has 5 N–H and O–H groups in total. The maximum atomic E-state index is 11.8.